The molecule has 0 saturated heterocycles. The predicted molar refractivity (Wildman–Crippen MR) is 66.2 cm³/mol. The fraction of sp³-hybridized carbons (Fsp3) is 0. The predicted octanol–water partition coefficient (Wildman–Crippen LogP) is 3.10. The number of aromatic nitrogens is 2. The number of nitrogens with one attached hydrogen (secondary N) is 1. The van der Waals surface area contributed by atoms with Crippen LogP contribution in [0, 0.1) is 11.3 Å². The lowest BCUT2D eigenvalue weighted by Crippen LogP contribution is -1.85. The Morgan fingerprint density at radius 2 is 2.12 bits per heavy atom. The number of nitriles is 1. The Bertz CT molecular complexity index is 719. The van der Waals surface area contributed by atoms with Crippen molar-refractivity contribution in [2.24, 2.45) is 0 Å². The second-order valence-corrected chi connectivity index (χ2v) is 3.79. The molecule has 0 spiro atoms. The zero-order valence-corrected chi connectivity index (χ0v) is 9.01. The standard InChI is InChI=1S/C14H9N3/c15-9-10-4-6-17-14(8-10)11-2-1-3-13-12(11)5-7-16-13/h1-8,16H. The molecule has 2 heterocycles. The third-order valence-electron chi connectivity index (χ3n) is 2.76. The molecular weight excluding hydrogens is 210 g/mol. The Hall–Kier alpha value is -2.60. The molecule has 0 saturated carbocycles. The molecule has 80 valence electrons. The van der Waals surface area contributed by atoms with Crippen LogP contribution < -0.4 is 0 Å². The van der Waals surface area contributed by atoms with Crippen molar-refractivity contribution in [1.29, 1.82) is 5.26 Å². The summed E-state index contributed by atoms with van der Waals surface area (Å²) in [5, 5.41) is 10.0. The summed E-state index contributed by atoms with van der Waals surface area (Å²) in [7, 11) is 0. The van der Waals surface area contributed by atoms with Gasteiger partial charge >= 0.3 is 0 Å². The number of aromatic amines is 1. The van der Waals surface area contributed by atoms with Gasteiger partial charge in [-0.2, -0.15) is 5.26 Å². The molecule has 2 aromatic heterocycles. The largest absolute Gasteiger partial charge is 0.361 e. The number of hydrogen-bond donors (Lipinski definition) is 1. The molecule has 17 heavy (non-hydrogen) atoms. The van der Waals surface area contributed by atoms with Crippen molar-refractivity contribution in [1.82, 2.24) is 9.97 Å². The van der Waals surface area contributed by atoms with Crippen molar-refractivity contribution in [3.8, 4) is 17.3 Å². The van der Waals surface area contributed by atoms with Crippen LogP contribution in [-0.2, 0) is 0 Å². The Morgan fingerprint density at radius 1 is 1.18 bits per heavy atom. The molecule has 3 nitrogen and oxygen atoms in total. The van der Waals surface area contributed by atoms with Crippen molar-refractivity contribution in [3.63, 3.8) is 0 Å². The van der Waals surface area contributed by atoms with Crippen molar-refractivity contribution >= 4 is 10.9 Å². The first-order valence-electron chi connectivity index (χ1n) is 5.31. The minimum absolute atomic E-state index is 0.627. The third-order valence-corrected chi connectivity index (χ3v) is 2.76. The van der Waals surface area contributed by atoms with Crippen LogP contribution in [0.3, 0.4) is 0 Å². The maximum Gasteiger partial charge on any atom is 0.0992 e. The lowest BCUT2D eigenvalue weighted by Gasteiger charge is -2.02. The number of fused-ring (bicyclic) bond motifs is 1. The molecular formula is C14H9N3. The third kappa shape index (κ3) is 1.56. The van der Waals surface area contributed by atoms with Crippen molar-refractivity contribution < 1.29 is 0 Å². The van der Waals surface area contributed by atoms with E-state index in [4.69, 9.17) is 5.26 Å². The summed E-state index contributed by atoms with van der Waals surface area (Å²) in [4.78, 5) is 7.49. The number of benzene rings is 1. The first kappa shape index (κ1) is 9.61. The molecule has 1 N–H and O–H groups in total. The van der Waals surface area contributed by atoms with E-state index in [-0.39, 0.29) is 0 Å². The molecule has 0 bridgehead atoms. The maximum absolute atomic E-state index is 8.90. The summed E-state index contributed by atoms with van der Waals surface area (Å²) in [6.45, 7) is 0. The first-order valence-corrected chi connectivity index (χ1v) is 5.31. The number of nitrogens with zero attached hydrogens (tertiary/aromatic N) is 2. The molecule has 0 aliphatic rings. The van der Waals surface area contributed by atoms with E-state index in [9.17, 15) is 0 Å². The van der Waals surface area contributed by atoms with E-state index in [1.54, 1.807) is 12.3 Å². The summed E-state index contributed by atoms with van der Waals surface area (Å²) >= 11 is 0. The number of rotatable bonds is 1. The highest BCUT2D eigenvalue weighted by molar-refractivity contribution is 5.94. The highest BCUT2D eigenvalue weighted by atomic mass is 14.7. The number of H-pyrrole nitrogens is 1. The summed E-state index contributed by atoms with van der Waals surface area (Å²) in [5.74, 6) is 0. The van der Waals surface area contributed by atoms with Crippen LogP contribution in [0.5, 0.6) is 0 Å². The van der Waals surface area contributed by atoms with E-state index >= 15 is 0 Å². The van der Waals surface area contributed by atoms with E-state index in [1.165, 1.54) is 0 Å². The van der Waals surface area contributed by atoms with Crippen molar-refractivity contribution in [2.75, 3.05) is 0 Å². The zero-order valence-electron chi connectivity index (χ0n) is 9.01. The Labute approximate surface area is 98.4 Å². The lowest BCUT2D eigenvalue weighted by atomic mass is 10.1. The van der Waals surface area contributed by atoms with Gasteiger partial charge in [-0.15, -0.1) is 0 Å². The Balaban J connectivity index is 2.27. The van der Waals surface area contributed by atoms with Crippen LogP contribution in [0.2, 0.25) is 0 Å². The minimum Gasteiger partial charge on any atom is -0.361 e. The second kappa shape index (κ2) is 3.76. The molecule has 0 aliphatic carbocycles. The molecule has 0 radical (unpaired) electrons. The van der Waals surface area contributed by atoms with E-state index in [1.807, 2.05) is 36.5 Å². The van der Waals surface area contributed by atoms with Gasteiger partial charge in [0.15, 0.2) is 0 Å². The summed E-state index contributed by atoms with van der Waals surface area (Å²) in [5.41, 5.74) is 3.57. The van der Waals surface area contributed by atoms with Gasteiger partial charge in [0, 0.05) is 28.9 Å². The van der Waals surface area contributed by atoms with Crippen LogP contribution in [0.15, 0.2) is 48.8 Å². The van der Waals surface area contributed by atoms with Gasteiger partial charge in [-0.05, 0) is 24.3 Å². The van der Waals surface area contributed by atoms with Gasteiger partial charge in [-0.1, -0.05) is 12.1 Å². The van der Waals surface area contributed by atoms with E-state index in [2.05, 4.69) is 16.0 Å². The molecule has 1 aromatic carbocycles. The highest BCUT2D eigenvalue weighted by Crippen LogP contribution is 2.26. The van der Waals surface area contributed by atoms with E-state index < -0.39 is 0 Å². The summed E-state index contributed by atoms with van der Waals surface area (Å²) in [6.07, 6.45) is 3.57. The topological polar surface area (TPSA) is 52.5 Å². The molecule has 0 aliphatic heterocycles. The number of hydrogen-bond acceptors (Lipinski definition) is 2. The normalized spacial score (nSPS) is 10.3. The van der Waals surface area contributed by atoms with Gasteiger partial charge in [0.25, 0.3) is 0 Å². The molecule has 0 amide bonds. The molecule has 0 unspecified atom stereocenters. The zero-order chi connectivity index (χ0) is 11.7. The van der Waals surface area contributed by atoms with E-state index in [0.29, 0.717) is 5.56 Å². The molecule has 3 heteroatoms. The fourth-order valence-electron chi connectivity index (χ4n) is 1.96. The van der Waals surface area contributed by atoms with Gasteiger partial charge < -0.3 is 4.98 Å². The van der Waals surface area contributed by atoms with Gasteiger partial charge in [-0.3, -0.25) is 4.98 Å². The van der Waals surface area contributed by atoms with Gasteiger partial charge in [0.05, 0.1) is 17.3 Å². The average molecular weight is 219 g/mol. The van der Waals surface area contributed by atoms with Crippen LogP contribution in [0.1, 0.15) is 5.56 Å². The fourth-order valence-corrected chi connectivity index (χ4v) is 1.96. The molecule has 0 atom stereocenters. The summed E-state index contributed by atoms with van der Waals surface area (Å²) in [6, 6.07) is 13.7. The first-order chi connectivity index (χ1) is 8.38. The monoisotopic (exact) mass is 219 g/mol. The maximum atomic E-state index is 8.90. The van der Waals surface area contributed by atoms with Gasteiger partial charge in [0.1, 0.15) is 0 Å². The number of pyridine rings is 1. The molecule has 0 fully saturated rings. The van der Waals surface area contributed by atoms with Gasteiger partial charge in [0.2, 0.25) is 0 Å². The van der Waals surface area contributed by atoms with Crippen molar-refractivity contribution in [3.05, 3.63) is 54.4 Å². The van der Waals surface area contributed by atoms with Crippen LogP contribution in [0.4, 0.5) is 0 Å². The van der Waals surface area contributed by atoms with E-state index in [0.717, 1.165) is 22.2 Å². The van der Waals surface area contributed by atoms with Crippen LogP contribution >= 0.6 is 0 Å². The van der Waals surface area contributed by atoms with Crippen LogP contribution in [-0.4, -0.2) is 9.97 Å². The Kier molecular flexibility index (Phi) is 2.13. The Morgan fingerprint density at radius 3 is 3.00 bits per heavy atom. The summed E-state index contributed by atoms with van der Waals surface area (Å²) < 4.78 is 0. The van der Waals surface area contributed by atoms with Gasteiger partial charge in [-0.25, -0.2) is 0 Å². The second-order valence-electron chi connectivity index (χ2n) is 3.79. The van der Waals surface area contributed by atoms with Crippen molar-refractivity contribution in [2.45, 2.75) is 0 Å². The molecule has 3 rings (SSSR count). The average Bonchev–Trinajstić information content (AvgIpc) is 2.87. The lowest BCUT2D eigenvalue weighted by molar-refractivity contribution is 1.31. The molecule has 3 aromatic rings. The smallest absolute Gasteiger partial charge is 0.0992 e. The SMILES string of the molecule is N#Cc1ccnc(-c2cccc3[nH]ccc23)c1. The highest BCUT2D eigenvalue weighted by Gasteiger charge is 2.05. The minimum atomic E-state index is 0.627. The van der Waals surface area contributed by atoms with Crippen LogP contribution in [0.25, 0.3) is 22.2 Å². The quantitative estimate of drug-likeness (QED) is 0.683.